The maximum Gasteiger partial charge on any atom is 0.339 e. The molecule has 0 aromatic heterocycles. The molecule has 11 heteroatoms. The van der Waals surface area contributed by atoms with E-state index in [1.807, 2.05) is 0 Å². The molecule has 1 fully saturated rings. The summed E-state index contributed by atoms with van der Waals surface area (Å²) in [5.74, 6) is -5.09. The van der Waals surface area contributed by atoms with Crippen LogP contribution in [0, 0.1) is 0 Å². The fraction of sp³-hybridized carbons (Fsp3) is 0.545. The van der Waals surface area contributed by atoms with Crippen LogP contribution in [0.4, 0.5) is 0 Å². The normalized spacial score (nSPS) is 21.0. The largest absolute Gasteiger partial charge is 0.481 e. The smallest absolute Gasteiger partial charge is 0.339 e. The highest BCUT2D eigenvalue weighted by Gasteiger charge is 2.50. The average molecular weight is 319 g/mol. The van der Waals surface area contributed by atoms with Crippen LogP contribution < -0.4 is 16.8 Å². The molecule has 0 aliphatic carbocycles. The van der Waals surface area contributed by atoms with Crippen molar-refractivity contribution < 1.29 is 39.3 Å². The fourth-order valence-electron chi connectivity index (χ4n) is 1.52. The van der Waals surface area contributed by atoms with Gasteiger partial charge in [-0.25, -0.2) is 4.79 Å². The molecule has 11 nitrogen and oxygen atoms in total. The van der Waals surface area contributed by atoms with E-state index in [9.17, 15) is 24.0 Å². The number of carbonyl (C=O) groups is 5. The maximum atomic E-state index is 10.7. The summed E-state index contributed by atoms with van der Waals surface area (Å²) in [6, 6.07) is -1.06. The highest BCUT2D eigenvalue weighted by atomic mass is 16.4. The number of amides is 2. The Bertz CT molecular complexity index is 476. The molecule has 0 spiro atoms. The minimum atomic E-state index is -1.88. The summed E-state index contributed by atoms with van der Waals surface area (Å²) >= 11 is 0. The number of hydrogen-bond acceptors (Lipinski definition) is 6. The molecule has 124 valence electrons. The lowest BCUT2D eigenvalue weighted by Gasteiger charge is -2.18. The van der Waals surface area contributed by atoms with E-state index in [0.717, 1.165) is 0 Å². The lowest BCUT2D eigenvalue weighted by atomic mass is 9.97. The van der Waals surface area contributed by atoms with Gasteiger partial charge in [-0.05, 0) is 12.8 Å². The topological polar surface area (TPSA) is 210 Å². The van der Waals surface area contributed by atoms with Crippen LogP contribution in [-0.4, -0.2) is 56.6 Å². The first-order valence-corrected chi connectivity index (χ1v) is 6.07. The van der Waals surface area contributed by atoms with Crippen molar-refractivity contribution in [3.8, 4) is 0 Å². The Morgan fingerprint density at radius 2 is 1.77 bits per heavy atom. The third kappa shape index (κ3) is 5.36. The highest BCUT2D eigenvalue weighted by Crippen LogP contribution is 2.19. The van der Waals surface area contributed by atoms with Crippen LogP contribution in [0.2, 0.25) is 0 Å². The Balaban J connectivity index is 0.000000409. The summed E-state index contributed by atoms with van der Waals surface area (Å²) in [7, 11) is 0. The molecular weight excluding hydrogens is 302 g/mol. The zero-order chi connectivity index (χ0) is 17.5. The molecule has 0 bridgehead atoms. The van der Waals surface area contributed by atoms with E-state index >= 15 is 0 Å². The van der Waals surface area contributed by atoms with Crippen molar-refractivity contribution in [1.29, 1.82) is 0 Å². The molecule has 0 saturated carbocycles. The van der Waals surface area contributed by atoms with Crippen LogP contribution >= 0.6 is 0 Å². The van der Waals surface area contributed by atoms with Crippen molar-refractivity contribution in [3.63, 3.8) is 0 Å². The van der Waals surface area contributed by atoms with Gasteiger partial charge in [-0.1, -0.05) is 0 Å². The molecule has 1 aliphatic rings. The molecule has 0 radical (unpaired) electrons. The molecule has 8 N–H and O–H groups in total. The molecular formula is C11H17N3O8. The molecule has 0 aromatic carbocycles. The number of aliphatic carboxylic acids is 3. The van der Waals surface area contributed by atoms with E-state index in [-0.39, 0.29) is 25.7 Å². The fourth-order valence-corrected chi connectivity index (χ4v) is 1.52. The monoisotopic (exact) mass is 319 g/mol. The van der Waals surface area contributed by atoms with Gasteiger partial charge in [0.25, 0.3) is 5.91 Å². The van der Waals surface area contributed by atoms with E-state index in [4.69, 9.17) is 26.8 Å². The minimum absolute atomic E-state index is 0.0231. The van der Waals surface area contributed by atoms with Crippen LogP contribution in [0.25, 0.3) is 0 Å². The van der Waals surface area contributed by atoms with Crippen LogP contribution in [0.5, 0.6) is 0 Å². The second kappa shape index (κ2) is 7.93. The van der Waals surface area contributed by atoms with Gasteiger partial charge in [-0.3, -0.25) is 19.2 Å². The standard InChI is InChI=1S/C6H8N2O4.C5H9NO4/c7-4(10)6(5(11)12)2-1-3(9)8-6;6-3(5(9)10)1-2-4(7)8/h1-2H2,(H2,7,10)(H,8,9)(H,11,12);3H,1-2,6H2,(H,7,8)(H,9,10)/t6-;3-/m10/s1. The van der Waals surface area contributed by atoms with Crippen molar-refractivity contribution in [2.24, 2.45) is 11.5 Å². The van der Waals surface area contributed by atoms with Gasteiger partial charge >= 0.3 is 17.9 Å². The Labute approximate surface area is 124 Å². The van der Waals surface area contributed by atoms with Gasteiger partial charge in [0, 0.05) is 12.8 Å². The average Bonchev–Trinajstić information content (AvgIpc) is 2.80. The molecule has 22 heavy (non-hydrogen) atoms. The first-order valence-electron chi connectivity index (χ1n) is 6.07. The van der Waals surface area contributed by atoms with Crippen molar-refractivity contribution in [2.45, 2.75) is 37.3 Å². The van der Waals surface area contributed by atoms with Gasteiger partial charge in [-0.2, -0.15) is 0 Å². The second-order valence-electron chi connectivity index (χ2n) is 4.50. The van der Waals surface area contributed by atoms with Crippen molar-refractivity contribution in [1.82, 2.24) is 5.32 Å². The summed E-state index contributed by atoms with van der Waals surface area (Å²) in [6.45, 7) is 0. The molecule has 1 saturated heterocycles. The zero-order valence-corrected chi connectivity index (χ0v) is 11.4. The van der Waals surface area contributed by atoms with Crippen molar-refractivity contribution in [2.75, 3.05) is 0 Å². The lowest BCUT2D eigenvalue weighted by Crippen LogP contribution is -2.58. The zero-order valence-electron chi connectivity index (χ0n) is 11.4. The summed E-state index contributed by atoms with van der Waals surface area (Å²) < 4.78 is 0. The van der Waals surface area contributed by atoms with Gasteiger partial charge in [0.15, 0.2) is 0 Å². The molecule has 2 atom stereocenters. The summed E-state index contributed by atoms with van der Waals surface area (Å²) in [5, 5.41) is 27.0. The number of carbonyl (C=O) groups excluding carboxylic acids is 2. The van der Waals surface area contributed by atoms with E-state index in [0.29, 0.717) is 0 Å². The predicted octanol–water partition coefficient (Wildman–Crippen LogP) is -2.53. The molecule has 1 aliphatic heterocycles. The van der Waals surface area contributed by atoms with Gasteiger partial charge in [0.05, 0.1) is 0 Å². The number of carboxylic acids is 3. The second-order valence-corrected chi connectivity index (χ2v) is 4.50. The minimum Gasteiger partial charge on any atom is -0.481 e. The molecule has 2 amide bonds. The van der Waals surface area contributed by atoms with E-state index in [2.05, 4.69) is 5.32 Å². The number of primary amides is 1. The van der Waals surface area contributed by atoms with Crippen LogP contribution in [0.3, 0.4) is 0 Å². The van der Waals surface area contributed by atoms with Gasteiger partial charge in [0.1, 0.15) is 6.04 Å². The van der Waals surface area contributed by atoms with Gasteiger partial charge < -0.3 is 32.1 Å². The molecule has 0 aromatic rings. The Morgan fingerprint density at radius 1 is 1.23 bits per heavy atom. The van der Waals surface area contributed by atoms with Crippen LogP contribution in [0.15, 0.2) is 0 Å². The number of carboxylic acid groups (broad SMARTS) is 3. The van der Waals surface area contributed by atoms with E-state index in [1.54, 1.807) is 0 Å². The lowest BCUT2D eigenvalue weighted by molar-refractivity contribution is -0.150. The first-order chi connectivity index (χ1) is 10.0. The Kier molecular flexibility index (Phi) is 6.96. The third-order valence-corrected chi connectivity index (χ3v) is 2.85. The van der Waals surface area contributed by atoms with E-state index < -0.39 is 41.3 Å². The summed E-state index contributed by atoms with van der Waals surface area (Å²) in [6.07, 6.45) is -0.274. The molecule has 1 rings (SSSR count). The summed E-state index contributed by atoms with van der Waals surface area (Å²) in [5.41, 5.74) is 7.99. The highest BCUT2D eigenvalue weighted by molar-refractivity contribution is 6.10. The number of nitrogens with two attached hydrogens (primary N) is 2. The number of nitrogens with one attached hydrogen (secondary N) is 1. The number of hydrogen-bond donors (Lipinski definition) is 6. The molecule has 1 heterocycles. The van der Waals surface area contributed by atoms with E-state index in [1.165, 1.54) is 0 Å². The quantitative estimate of drug-likeness (QED) is 0.284. The predicted molar refractivity (Wildman–Crippen MR) is 69.4 cm³/mol. The maximum absolute atomic E-state index is 10.7. The van der Waals surface area contributed by atoms with Gasteiger partial charge in [0.2, 0.25) is 11.4 Å². The van der Waals surface area contributed by atoms with Crippen LogP contribution in [0.1, 0.15) is 25.7 Å². The first kappa shape index (κ1) is 19.3. The van der Waals surface area contributed by atoms with Crippen molar-refractivity contribution in [3.05, 3.63) is 0 Å². The van der Waals surface area contributed by atoms with Gasteiger partial charge in [-0.15, -0.1) is 0 Å². The SMILES string of the molecule is NC(=O)[C@@]1(C(=O)O)CCC(=O)N1.N[C@@H](CCC(=O)O)C(=O)O. The number of rotatable bonds is 6. The summed E-state index contributed by atoms with van der Waals surface area (Å²) in [4.78, 5) is 51.9. The van der Waals surface area contributed by atoms with Crippen LogP contribution in [-0.2, 0) is 24.0 Å². The Hall–Kier alpha value is -2.69. The third-order valence-electron chi connectivity index (χ3n) is 2.85. The molecule has 0 unspecified atom stereocenters. The Morgan fingerprint density at radius 3 is 2.00 bits per heavy atom. The van der Waals surface area contributed by atoms with Crippen molar-refractivity contribution >= 4 is 29.7 Å².